The van der Waals surface area contributed by atoms with Crippen LogP contribution >= 0.6 is 0 Å². The van der Waals surface area contributed by atoms with E-state index in [1.807, 2.05) is 39.8 Å². The van der Waals surface area contributed by atoms with E-state index in [0.717, 1.165) is 22.7 Å². The van der Waals surface area contributed by atoms with Gasteiger partial charge in [0.05, 0.1) is 13.1 Å². The number of benzene rings is 9. The second kappa shape index (κ2) is 20.1. The van der Waals surface area contributed by atoms with Gasteiger partial charge in [-0.1, -0.05) is 171 Å². The van der Waals surface area contributed by atoms with Gasteiger partial charge in [0.1, 0.15) is 0 Å². The van der Waals surface area contributed by atoms with Crippen LogP contribution < -0.4 is 9.80 Å². The van der Waals surface area contributed by atoms with Crippen LogP contribution in [0, 0.1) is 23.7 Å². The van der Waals surface area contributed by atoms with Gasteiger partial charge in [-0.3, -0.25) is 0 Å². The molecule has 72 heavy (non-hydrogen) atoms. The summed E-state index contributed by atoms with van der Waals surface area (Å²) >= 11 is 0. The van der Waals surface area contributed by atoms with Crippen LogP contribution in [0.2, 0.25) is 0 Å². The zero-order chi connectivity index (χ0) is 49.8. The summed E-state index contributed by atoms with van der Waals surface area (Å²) < 4.78 is 2.36. The first-order chi connectivity index (χ1) is 35.3. The Labute approximate surface area is 427 Å². The van der Waals surface area contributed by atoms with Crippen molar-refractivity contribution in [3.63, 3.8) is 0 Å². The van der Waals surface area contributed by atoms with E-state index in [9.17, 15) is 0 Å². The molecule has 0 amide bonds. The Morgan fingerprint density at radius 2 is 0.667 bits per heavy atom. The molecule has 0 spiro atoms. The molecule has 0 radical (unpaired) electrons. The maximum atomic E-state index is 3.18. The number of rotatable bonds is 8. The number of para-hydroxylation sites is 2. The Morgan fingerprint density at radius 1 is 0.375 bits per heavy atom. The van der Waals surface area contributed by atoms with Gasteiger partial charge < -0.3 is 14.4 Å². The molecular formula is C69H61N3. The minimum Gasteiger partial charge on any atom is -0.344 e. The standard InChI is InChI=1S/C41H31N.C26H24N2.C2H6/c1-40(34-16-8-4-12-28(34)29-13-5-9-17-35(29)40)26-20-22-38-32(24-26)33-25-27(21-23-39(33)42(38)3)41(2)36-18-10-6-14-30(36)31-15-7-11-19-37(31)41;1-3-5-21-27(23-13-9-7-10-14-23)25-17-19-26(20-18-25)28(22-6-4-2)24-15-11-8-12-16-24;1-2/h4-25H,1-3H3;7-20H,21-22H2,1-2H3;1-2H3. The second-order valence-electron chi connectivity index (χ2n) is 18.7. The first-order valence-corrected chi connectivity index (χ1v) is 25.3. The van der Waals surface area contributed by atoms with E-state index in [0.29, 0.717) is 13.1 Å². The lowest BCUT2D eigenvalue weighted by Gasteiger charge is -2.29. The van der Waals surface area contributed by atoms with Gasteiger partial charge in [-0.05, 0) is 156 Å². The summed E-state index contributed by atoms with van der Waals surface area (Å²) in [6, 6.07) is 79.4. The molecular weight excluding hydrogens is 871 g/mol. The molecule has 0 fully saturated rings. The van der Waals surface area contributed by atoms with E-state index in [2.05, 4.69) is 265 Å². The Balaban J connectivity index is 0.000000174. The molecule has 2 aliphatic carbocycles. The highest BCUT2D eigenvalue weighted by Crippen LogP contribution is 2.54. The number of aromatic nitrogens is 1. The molecule has 0 unspecified atom stereocenters. The fraction of sp³-hybridized carbons (Fsp3) is 0.159. The topological polar surface area (TPSA) is 11.4 Å². The Kier molecular flexibility index (Phi) is 13.2. The lowest BCUT2D eigenvalue weighted by atomic mass is 9.73. The summed E-state index contributed by atoms with van der Waals surface area (Å²) in [4.78, 5) is 4.44. The number of fused-ring (bicyclic) bond motifs is 9. The second-order valence-corrected chi connectivity index (χ2v) is 18.7. The average molecular weight is 932 g/mol. The van der Waals surface area contributed by atoms with Crippen LogP contribution in [0.5, 0.6) is 0 Å². The summed E-state index contributed by atoms with van der Waals surface area (Å²) in [6.45, 7) is 13.9. The van der Waals surface area contributed by atoms with Gasteiger partial charge in [-0.15, -0.1) is 11.8 Å². The minimum absolute atomic E-state index is 0.212. The van der Waals surface area contributed by atoms with Crippen molar-refractivity contribution < 1.29 is 0 Å². The van der Waals surface area contributed by atoms with E-state index in [-0.39, 0.29) is 10.8 Å². The van der Waals surface area contributed by atoms with Gasteiger partial charge in [0.15, 0.2) is 0 Å². The maximum Gasteiger partial charge on any atom is 0.0843 e. The van der Waals surface area contributed by atoms with Crippen molar-refractivity contribution in [3.8, 4) is 45.9 Å². The number of nitrogens with zero attached hydrogens (tertiary/aromatic N) is 3. The van der Waals surface area contributed by atoms with Crippen LogP contribution in [0.3, 0.4) is 0 Å². The van der Waals surface area contributed by atoms with Crippen LogP contribution in [-0.2, 0) is 17.9 Å². The van der Waals surface area contributed by atoms with E-state index >= 15 is 0 Å². The number of anilines is 4. The van der Waals surface area contributed by atoms with Gasteiger partial charge in [0, 0.05) is 62.4 Å². The lowest BCUT2D eigenvalue weighted by molar-refractivity contribution is 0.714. The fourth-order valence-electron chi connectivity index (χ4n) is 11.4. The van der Waals surface area contributed by atoms with Crippen LogP contribution in [0.1, 0.15) is 74.9 Å². The first-order valence-electron chi connectivity index (χ1n) is 25.3. The third kappa shape index (κ3) is 8.02. The Bertz CT molecular complexity index is 3350. The van der Waals surface area contributed by atoms with Gasteiger partial charge in [0.25, 0.3) is 0 Å². The molecule has 12 rings (SSSR count). The molecule has 9 aromatic carbocycles. The van der Waals surface area contributed by atoms with Crippen molar-refractivity contribution in [2.45, 2.75) is 52.4 Å². The molecule has 352 valence electrons. The molecule has 1 aromatic heterocycles. The largest absolute Gasteiger partial charge is 0.344 e. The highest BCUT2D eigenvalue weighted by Gasteiger charge is 2.42. The SMILES string of the molecule is CC.CC#CCN(c1ccccc1)c1ccc(N(CC#CC)c2ccccc2)cc1.Cn1c2ccc(C3(C)c4ccccc4-c4ccccc43)cc2c2cc(C3(C)c4ccccc4-c4ccccc43)ccc21. The van der Waals surface area contributed by atoms with Gasteiger partial charge >= 0.3 is 0 Å². The predicted molar refractivity (Wildman–Crippen MR) is 307 cm³/mol. The third-order valence-corrected chi connectivity index (χ3v) is 15.0. The lowest BCUT2D eigenvalue weighted by Crippen LogP contribution is -2.22. The highest BCUT2D eigenvalue weighted by molar-refractivity contribution is 6.09. The minimum atomic E-state index is -0.212. The molecule has 0 saturated heterocycles. The van der Waals surface area contributed by atoms with Crippen molar-refractivity contribution in [2.24, 2.45) is 7.05 Å². The van der Waals surface area contributed by atoms with E-state index in [4.69, 9.17) is 0 Å². The van der Waals surface area contributed by atoms with Crippen LogP contribution in [-0.4, -0.2) is 17.7 Å². The highest BCUT2D eigenvalue weighted by atomic mass is 15.1. The van der Waals surface area contributed by atoms with Crippen LogP contribution in [0.4, 0.5) is 22.7 Å². The zero-order valence-corrected chi connectivity index (χ0v) is 42.5. The zero-order valence-electron chi connectivity index (χ0n) is 42.5. The van der Waals surface area contributed by atoms with Gasteiger partial charge in [-0.2, -0.15) is 0 Å². The van der Waals surface area contributed by atoms with E-state index in [1.54, 1.807) is 0 Å². The maximum absolute atomic E-state index is 3.18. The normalized spacial score (nSPS) is 12.8. The summed E-state index contributed by atoms with van der Waals surface area (Å²) in [6.07, 6.45) is 0. The van der Waals surface area contributed by atoms with Crippen molar-refractivity contribution in [1.29, 1.82) is 0 Å². The molecule has 3 heteroatoms. The summed E-state index contributed by atoms with van der Waals surface area (Å²) in [5, 5.41) is 2.64. The Morgan fingerprint density at radius 3 is 0.986 bits per heavy atom. The third-order valence-electron chi connectivity index (χ3n) is 15.0. The molecule has 3 nitrogen and oxygen atoms in total. The molecule has 0 saturated carbocycles. The molecule has 10 aromatic rings. The fourth-order valence-corrected chi connectivity index (χ4v) is 11.4. The monoisotopic (exact) mass is 931 g/mol. The molecule has 2 aliphatic rings. The van der Waals surface area contributed by atoms with Crippen molar-refractivity contribution >= 4 is 44.6 Å². The molecule has 0 atom stereocenters. The van der Waals surface area contributed by atoms with E-state index in [1.165, 1.54) is 77.4 Å². The van der Waals surface area contributed by atoms with Crippen LogP contribution in [0.25, 0.3) is 44.1 Å². The number of aryl methyl sites for hydroxylation is 1. The molecule has 1 heterocycles. The molecule has 0 N–H and O–H groups in total. The predicted octanol–water partition coefficient (Wildman–Crippen LogP) is 17.0. The number of hydrogen-bond donors (Lipinski definition) is 0. The van der Waals surface area contributed by atoms with Crippen LogP contribution in [0.15, 0.2) is 218 Å². The average Bonchev–Trinajstić information content (AvgIpc) is 4.00. The van der Waals surface area contributed by atoms with Gasteiger partial charge in [-0.25, -0.2) is 0 Å². The smallest absolute Gasteiger partial charge is 0.0843 e. The number of hydrogen-bond acceptors (Lipinski definition) is 2. The van der Waals surface area contributed by atoms with Crippen molar-refractivity contribution in [2.75, 3.05) is 22.9 Å². The summed E-state index contributed by atoms with van der Waals surface area (Å²) in [5.41, 5.74) is 20.2. The van der Waals surface area contributed by atoms with Crippen molar-refractivity contribution in [3.05, 3.63) is 252 Å². The summed E-state index contributed by atoms with van der Waals surface area (Å²) in [5.74, 6) is 12.4. The van der Waals surface area contributed by atoms with Gasteiger partial charge in [0.2, 0.25) is 0 Å². The quantitative estimate of drug-likeness (QED) is 0.141. The molecule has 0 bridgehead atoms. The van der Waals surface area contributed by atoms with Crippen molar-refractivity contribution in [1.82, 2.24) is 4.57 Å². The first kappa shape index (κ1) is 47.2. The van der Waals surface area contributed by atoms with E-state index < -0.39 is 0 Å². The Hall–Kier alpha value is -8.50. The molecule has 0 aliphatic heterocycles. The summed E-state index contributed by atoms with van der Waals surface area (Å²) in [7, 11) is 2.20.